The average molecular weight is 300 g/mol. The molecule has 1 fully saturated rings. The van der Waals surface area contributed by atoms with Crippen molar-refractivity contribution in [3.63, 3.8) is 0 Å². The Balaban J connectivity index is 2.00. The van der Waals surface area contributed by atoms with Crippen molar-refractivity contribution in [2.24, 2.45) is 0 Å². The van der Waals surface area contributed by atoms with Crippen LogP contribution in [0.5, 0.6) is 0 Å². The molecule has 1 N–H and O–H groups in total. The summed E-state index contributed by atoms with van der Waals surface area (Å²) in [6, 6.07) is 8.27. The summed E-state index contributed by atoms with van der Waals surface area (Å²) in [5.41, 5.74) is 2.70. The first-order chi connectivity index (χ1) is 10.6. The lowest BCUT2D eigenvalue weighted by Crippen LogP contribution is -2.10. The van der Waals surface area contributed by atoms with E-state index in [2.05, 4.69) is 11.4 Å². The third kappa shape index (κ3) is 2.02. The number of aromatic nitrogens is 1. The molecule has 3 aromatic rings. The fourth-order valence-electron chi connectivity index (χ4n) is 3.06. The Labute approximate surface area is 125 Å². The van der Waals surface area contributed by atoms with Crippen LogP contribution in [-0.4, -0.2) is 4.98 Å². The van der Waals surface area contributed by atoms with Gasteiger partial charge in [0.25, 0.3) is 0 Å². The zero-order valence-corrected chi connectivity index (χ0v) is 11.7. The van der Waals surface area contributed by atoms with Gasteiger partial charge in [0.1, 0.15) is 17.5 Å². The quantitative estimate of drug-likeness (QED) is 0.658. The maximum absolute atomic E-state index is 14.1. The number of benzene rings is 2. The van der Waals surface area contributed by atoms with Crippen LogP contribution >= 0.6 is 0 Å². The highest BCUT2D eigenvalue weighted by atomic mass is 19.1. The van der Waals surface area contributed by atoms with Gasteiger partial charge in [-0.3, -0.25) is 0 Å². The maximum atomic E-state index is 14.1. The molecule has 4 heteroatoms. The summed E-state index contributed by atoms with van der Waals surface area (Å²) in [6.07, 6.45) is 4.09. The third-order valence-electron chi connectivity index (χ3n) is 4.30. The molecule has 1 unspecified atom stereocenters. The van der Waals surface area contributed by atoms with Gasteiger partial charge in [-0.1, -0.05) is 0 Å². The van der Waals surface area contributed by atoms with E-state index in [1.165, 1.54) is 18.2 Å². The van der Waals surface area contributed by atoms with E-state index in [-0.39, 0.29) is 11.7 Å². The van der Waals surface area contributed by atoms with Gasteiger partial charge in [-0.2, -0.15) is 0 Å². The van der Waals surface area contributed by atoms with Crippen molar-refractivity contribution in [3.8, 4) is 11.3 Å². The van der Waals surface area contributed by atoms with E-state index >= 15 is 0 Å². The van der Waals surface area contributed by atoms with E-state index in [4.69, 9.17) is 0 Å². The minimum Gasteiger partial charge on any atom is -0.352 e. The fraction of sp³-hybridized carbons (Fsp3) is 0.167. The highest BCUT2D eigenvalue weighted by molar-refractivity contribution is 5.92. The van der Waals surface area contributed by atoms with E-state index in [0.717, 1.165) is 35.7 Å². The Morgan fingerprint density at radius 3 is 2.32 bits per heavy atom. The van der Waals surface area contributed by atoms with Crippen molar-refractivity contribution in [1.82, 2.24) is 4.98 Å². The van der Waals surface area contributed by atoms with Gasteiger partial charge in [0.2, 0.25) is 0 Å². The molecular weight excluding hydrogens is 287 g/mol. The van der Waals surface area contributed by atoms with Crippen molar-refractivity contribution in [2.45, 2.75) is 18.8 Å². The Hall–Kier alpha value is -2.23. The molecule has 0 saturated heterocycles. The summed E-state index contributed by atoms with van der Waals surface area (Å²) in [5.74, 6) is -1.34. The largest absolute Gasteiger partial charge is 0.352 e. The van der Waals surface area contributed by atoms with Gasteiger partial charge >= 0.3 is 0 Å². The number of aromatic amines is 1. The lowest BCUT2D eigenvalue weighted by Gasteiger charge is -2.26. The molecule has 1 aliphatic rings. The third-order valence-corrected chi connectivity index (χ3v) is 4.30. The zero-order chi connectivity index (χ0) is 15.3. The summed E-state index contributed by atoms with van der Waals surface area (Å²) in [4.78, 5) is 3.06. The molecule has 22 heavy (non-hydrogen) atoms. The normalized spacial score (nSPS) is 15.2. The number of fused-ring (bicyclic) bond motifs is 1. The molecule has 0 amide bonds. The number of hydrogen-bond acceptors (Lipinski definition) is 0. The SMILES string of the molecule is Fc1ccc(-c2[nH]c3c(F)cc(F)cc3c2C2[CH]CC2)cc1. The van der Waals surface area contributed by atoms with Crippen LogP contribution in [0.2, 0.25) is 0 Å². The Bertz CT molecular complexity index is 845. The first-order valence-electron chi connectivity index (χ1n) is 7.23. The molecule has 0 spiro atoms. The number of hydrogen-bond donors (Lipinski definition) is 1. The highest BCUT2D eigenvalue weighted by Gasteiger charge is 2.28. The van der Waals surface area contributed by atoms with Gasteiger partial charge in [-0.15, -0.1) is 0 Å². The van der Waals surface area contributed by atoms with Gasteiger partial charge < -0.3 is 4.98 Å². The summed E-state index contributed by atoms with van der Waals surface area (Å²) in [6.45, 7) is 0. The summed E-state index contributed by atoms with van der Waals surface area (Å²) in [5, 5.41) is 0.567. The molecule has 0 aliphatic heterocycles. The van der Waals surface area contributed by atoms with E-state index in [1.807, 2.05) is 0 Å². The first kappa shape index (κ1) is 13.4. The summed E-state index contributed by atoms with van der Waals surface area (Å²) in [7, 11) is 0. The van der Waals surface area contributed by atoms with E-state index in [0.29, 0.717) is 10.9 Å². The van der Waals surface area contributed by atoms with Crippen molar-refractivity contribution < 1.29 is 13.2 Å². The molecule has 0 bridgehead atoms. The van der Waals surface area contributed by atoms with Gasteiger partial charge in [0, 0.05) is 11.5 Å². The van der Waals surface area contributed by atoms with Crippen LogP contribution in [0.1, 0.15) is 24.3 Å². The monoisotopic (exact) mass is 300 g/mol. The van der Waals surface area contributed by atoms with Gasteiger partial charge in [0.15, 0.2) is 0 Å². The minimum atomic E-state index is -0.607. The van der Waals surface area contributed by atoms with Crippen LogP contribution in [-0.2, 0) is 0 Å². The molecule has 4 rings (SSSR count). The lowest BCUT2D eigenvalue weighted by atomic mass is 9.78. The molecule has 1 aliphatic carbocycles. The topological polar surface area (TPSA) is 15.8 Å². The summed E-state index contributed by atoms with van der Waals surface area (Å²) < 4.78 is 40.8. The van der Waals surface area contributed by atoms with Crippen LogP contribution in [0.15, 0.2) is 36.4 Å². The molecule has 2 aromatic carbocycles. The van der Waals surface area contributed by atoms with Crippen molar-refractivity contribution in [2.75, 3.05) is 0 Å². The molecule has 1 aromatic heterocycles. The minimum absolute atomic E-state index is 0.176. The average Bonchev–Trinajstić information content (AvgIpc) is 2.78. The standard InChI is InChI=1S/C18H13F3N/c19-12-6-4-11(5-7-12)17-16(10-2-1-3-10)14-8-13(20)9-15(21)18(14)22-17/h2,4-10,22H,1,3H2. The predicted molar refractivity (Wildman–Crippen MR) is 79.9 cm³/mol. The number of rotatable bonds is 2. The number of nitrogens with one attached hydrogen (secondary N) is 1. The maximum Gasteiger partial charge on any atom is 0.150 e. The predicted octanol–water partition coefficient (Wildman–Crippen LogP) is 5.33. The zero-order valence-electron chi connectivity index (χ0n) is 11.7. The second-order valence-corrected chi connectivity index (χ2v) is 5.65. The van der Waals surface area contributed by atoms with Crippen molar-refractivity contribution in [1.29, 1.82) is 0 Å². The molecular formula is C18H13F3N. The fourth-order valence-corrected chi connectivity index (χ4v) is 3.06. The van der Waals surface area contributed by atoms with Gasteiger partial charge in [0.05, 0.1) is 11.2 Å². The molecule has 1 saturated carbocycles. The molecule has 1 nitrogen and oxygen atoms in total. The van der Waals surface area contributed by atoms with Crippen molar-refractivity contribution >= 4 is 10.9 Å². The summed E-state index contributed by atoms with van der Waals surface area (Å²) >= 11 is 0. The number of halogens is 3. The van der Waals surface area contributed by atoms with Crippen LogP contribution in [0.4, 0.5) is 13.2 Å². The second kappa shape index (κ2) is 4.90. The van der Waals surface area contributed by atoms with Crippen LogP contribution in [0.3, 0.4) is 0 Å². The van der Waals surface area contributed by atoms with Crippen LogP contribution in [0.25, 0.3) is 22.2 Å². The Morgan fingerprint density at radius 1 is 0.955 bits per heavy atom. The lowest BCUT2D eigenvalue weighted by molar-refractivity contribution is 0.557. The van der Waals surface area contributed by atoms with E-state index in [1.54, 1.807) is 12.1 Å². The molecule has 1 heterocycles. The highest BCUT2D eigenvalue weighted by Crippen LogP contribution is 2.44. The Morgan fingerprint density at radius 2 is 1.68 bits per heavy atom. The smallest absolute Gasteiger partial charge is 0.150 e. The molecule has 111 valence electrons. The molecule has 1 atom stereocenters. The van der Waals surface area contributed by atoms with Crippen LogP contribution < -0.4 is 0 Å². The first-order valence-corrected chi connectivity index (χ1v) is 7.23. The second-order valence-electron chi connectivity index (χ2n) is 5.65. The van der Waals surface area contributed by atoms with E-state index in [9.17, 15) is 13.2 Å². The number of H-pyrrole nitrogens is 1. The van der Waals surface area contributed by atoms with Crippen molar-refractivity contribution in [3.05, 3.63) is 65.8 Å². The Kier molecular flexibility index (Phi) is 2.99. The van der Waals surface area contributed by atoms with E-state index < -0.39 is 11.6 Å². The molecule has 1 radical (unpaired) electrons. The van der Waals surface area contributed by atoms with Crippen LogP contribution in [0, 0.1) is 23.9 Å². The van der Waals surface area contributed by atoms with Gasteiger partial charge in [-0.05, 0) is 66.6 Å². The van der Waals surface area contributed by atoms with Gasteiger partial charge in [-0.25, -0.2) is 13.2 Å².